The van der Waals surface area contributed by atoms with Gasteiger partial charge >= 0.3 is 5.97 Å². The Kier molecular flexibility index (Phi) is 2.90. The van der Waals surface area contributed by atoms with Crippen molar-refractivity contribution < 1.29 is 9.53 Å². The van der Waals surface area contributed by atoms with E-state index in [-0.39, 0.29) is 0 Å². The Bertz CT molecular complexity index is 300. The molecule has 13 heavy (non-hydrogen) atoms. The van der Waals surface area contributed by atoms with Gasteiger partial charge in [-0.25, -0.2) is 4.79 Å². The Morgan fingerprint density at radius 3 is 2.85 bits per heavy atom. The van der Waals surface area contributed by atoms with Crippen molar-refractivity contribution in [2.24, 2.45) is 5.73 Å². The van der Waals surface area contributed by atoms with Crippen LogP contribution in [0.4, 0.5) is 0 Å². The fourth-order valence-corrected chi connectivity index (χ4v) is 1.07. The first-order valence-corrected chi connectivity index (χ1v) is 4.05. The highest BCUT2D eigenvalue weighted by Crippen LogP contribution is 2.21. The first kappa shape index (κ1) is 10.0. The van der Waals surface area contributed by atoms with Gasteiger partial charge in [-0.1, -0.05) is 6.07 Å². The molecule has 1 aromatic heterocycles. The van der Waals surface area contributed by atoms with Crippen molar-refractivity contribution >= 4 is 18.6 Å². The lowest BCUT2D eigenvalue weighted by molar-refractivity contribution is -0.143. The van der Waals surface area contributed by atoms with Crippen LogP contribution in [0, 0.1) is 0 Å². The molecular formula is C8H10N2O2S. The molecule has 0 saturated carbocycles. The first-order valence-electron chi connectivity index (χ1n) is 3.60. The molecular weight excluding hydrogens is 188 g/mol. The summed E-state index contributed by atoms with van der Waals surface area (Å²) in [5, 5.41) is 0. The normalized spacial score (nSPS) is 14.7. The van der Waals surface area contributed by atoms with Crippen LogP contribution in [-0.4, -0.2) is 18.1 Å². The molecule has 0 aliphatic heterocycles. The van der Waals surface area contributed by atoms with Crippen LogP contribution in [0.5, 0.6) is 0 Å². The highest BCUT2D eigenvalue weighted by atomic mass is 32.1. The average Bonchev–Trinajstić information content (AvgIpc) is 2.18. The van der Waals surface area contributed by atoms with E-state index < -0.39 is 10.8 Å². The summed E-state index contributed by atoms with van der Waals surface area (Å²) in [6.07, 6.45) is 1.54. The number of hydrogen-bond donors (Lipinski definition) is 2. The van der Waals surface area contributed by atoms with Gasteiger partial charge in [0.2, 0.25) is 4.87 Å². The van der Waals surface area contributed by atoms with Crippen LogP contribution in [0.2, 0.25) is 0 Å². The molecule has 0 fully saturated rings. The van der Waals surface area contributed by atoms with E-state index in [1.165, 1.54) is 13.3 Å². The van der Waals surface area contributed by atoms with Gasteiger partial charge in [0.15, 0.2) is 0 Å². The Morgan fingerprint density at radius 1 is 1.69 bits per heavy atom. The van der Waals surface area contributed by atoms with Crippen LogP contribution >= 0.6 is 12.6 Å². The second-order valence-electron chi connectivity index (χ2n) is 2.47. The number of aromatic nitrogens is 1. The molecule has 4 nitrogen and oxygen atoms in total. The summed E-state index contributed by atoms with van der Waals surface area (Å²) in [5.74, 6) is -0.630. The zero-order valence-corrected chi connectivity index (χ0v) is 7.99. The van der Waals surface area contributed by atoms with Gasteiger partial charge < -0.3 is 10.5 Å². The number of hydrogen-bond acceptors (Lipinski definition) is 5. The van der Waals surface area contributed by atoms with Crippen LogP contribution in [0.1, 0.15) is 5.69 Å². The number of carbonyl (C=O) groups is 1. The predicted octanol–water partition coefficient (Wildman–Crippen LogP) is 0.296. The fourth-order valence-electron chi connectivity index (χ4n) is 0.848. The van der Waals surface area contributed by atoms with Crippen LogP contribution in [0.15, 0.2) is 24.4 Å². The molecule has 1 atom stereocenters. The van der Waals surface area contributed by atoms with E-state index in [1.807, 2.05) is 0 Å². The van der Waals surface area contributed by atoms with Crippen LogP contribution in [0.25, 0.3) is 0 Å². The van der Waals surface area contributed by atoms with Gasteiger partial charge in [-0.05, 0) is 12.1 Å². The molecule has 1 aromatic rings. The molecule has 0 aromatic carbocycles. The third-order valence-electron chi connectivity index (χ3n) is 1.55. The van der Waals surface area contributed by atoms with E-state index in [1.54, 1.807) is 18.2 Å². The maximum atomic E-state index is 11.2. The van der Waals surface area contributed by atoms with E-state index in [0.29, 0.717) is 5.69 Å². The fraction of sp³-hybridized carbons (Fsp3) is 0.250. The summed E-state index contributed by atoms with van der Waals surface area (Å²) in [7, 11) is 1.25. The molecule has 0 spiro atoms. The minimum Gasteiger partial charge on any atom is -0.467 e. The molecule has 0 saturated heterocycles. The molecule has 0 aliphatic carbocycles. The lowest BCUT2D eigenvalue weighted by atomic mass is 10.2. The van der Waals surface area contributed by atoms with Crippen LogP contribution in [0.3, 0.4) is 0 Å². The van der Waals surface area contributed by atoms with Gasteiger partial charge in [-0.3, -0.25) is 4.98 Å². The van der Waals surface area contributed by atoms with Gasteiger partial charge in [0, 0.05) is 6.20 Å². The predicted molar refractivity (Wildman–Crippen MR) is 51.1 cm³/mol. The first-order chi connectivity index (χ1) is 6.09. The van der Waals surface area contributed by atoms with E-state index in [0.717, 1.165) is 0 Å². The van der Waals surface area contributed by atoms with Gasteiger partial charge in [-0.2, -0.15) is 0 Å². The van der Waals surface area contributed by atoms with Crippen molar-refractivity contribution in [2.45, 2.75) is 4.87 Å². The van der Waals surface area contributed by atoms with Crippen molar-refractivity contribution in [1.82, 2.24) is 4.98 Å². The number of methoxy groups -OCH3 is 1. The molecule has 0 radical (unpaired) electrons. The summed E-state index contributed by atoms with van der Waals surface area (Å²) in [6.45, 7) is 0. The Labute approximate surface area is 81.5 Å². The van der Waals surface area contributed by atoms with Crippen molar-refractivity contribution in [2.75, 3.05) is 7.11 Å². The van der Waals surface area contributed by atoms with Gasteiger partial charge in [0.05, 0.1) is 12.8 Å². The molecule has 2 N–H and O–H groups in total. The van der Waals surface area contributed by atoms with Crippen LogP contribution < -0.4 is 5.73 Å². The molecule has 0 bridgehead atoms. The van der Waals surface area contributed by atoms with Crippen molar-refractivity contribution in [1.29, 1.82) is 0 Å². The molecule has 1 unspecified atom stereocenters. The van der Waals surface area contributed by atoms with Crippen molar-refractivity contribution in [3.05, 3.63) is 30.1 Å². The topological polar surface area (TPSA) is 65.2 Å². The van der Waals surface area contributed by atoms with E-state index in [4.69, 9.17) is 5.73 Å². The maximum absolute atomic E-state index is 11.2. The molecule has 1 rings (SSSR count). The minimum atomic E-state index is -1.48. The smallest absolute Gasteiger partial charge is 0.342 e. The maximum Gasteiger partial charge on any atom is 0.342 e. The number of esters is 1. The monoisotopic (exact) mass is 198 g/mol. The average molecular weight is 198 g/mol. The number of ether oxygens (including phenoxy) is 1. The third-order valence-corrected chi connectivity index (χ3v) is 1.96. The quantitative estimate of drug-likeness (QED) is 0.407. The summed E-state index contributed by atoms with van der Waals surface area (Å²) in [5.41, 5.74) is 5.99. The molecule has 0 amide bonds. The third kappa shape index (κ3) is 1.99. The lowest BCUT2D eigenvalue weighted by Gasteiger charge is -2.19. The van der Waals surface area contributed by atoms with E-state index >= 15 is 0 Å². The van der Waals surface area contributed by atoms with Gasteiger partial charge in [0.1, 0.15) is 0 Å². The second kappa shape index (κ2) is 3.76. The summed E-state index contributed by atoms with van der Waals surface area (Å²) < 4.78 is 4.49. The number of nitrogens with zero attached hydrogens (tertiary/aromatic N) is 1. The van der Waals surface area contributed by atoms with E-state index in [2.05, 4.69) is 22.3 Å². The lowest BCUT2D eigenvalue weighted by Crippen LogP contribution is -2.41. The highest BCUT2D eigenvalue weighted by Gasteiger charge is 2.34. The zero-order valence-electron chi connectivity index (χ0n) is 7.10. The number of carbonyl (C=O) groups excluding carboxylic acids is 1. The standard InChI is InChI=1S/C8H10N2O2S/c1-12-7(11)8(9,13)6-4-2-3-5-10-6/h2-5,13H,9H2,1H3. The Morgan fingerprint density at radius 2 is 2.38 bits per heavy atom. The molecule has 70 valence electrons. The molecule has 0 aliphatic rings. The van der Waals surface area contributed by atoms with Crippen molar-refractivity contribution in [3.63, 3.8) is 0 Å². The molecule has 1 heterocycles. The van der Waals surface area contributed by atoms with Crippen molar-refractivity contribution in [3.8, 4) is 0 Å². The SMILES string of the molecule is COC(=O)C(N)(S)c1ccccn1. The second-order valence-corrected chi connectivity index (χ2v) is 3.18. The van der Waals surface area contributed by atoms with Gasteiger partial charge in [0.25, 0.3) is 0 Å². The van der Waals surface area contributed by atoms with Crippen LogP contribution in [-0.2, 0) is 14.4 Å². The number of pyridine rings is 1. The largest absolute Gasteiger partial charge is 0.467 e. The number of thiol groups is 1. The van der Waals surface area contributed by atoms with Gasteiger partial charge in [-0.15, -0.1) is 12.6 Å². The zero-order chi connectivity index (χ0) is 9.90. The molecule has 5 heteroatoms. The Balaban J connectivity index is 3.00. The van der Waals surface area contributed by atoms with E-state index in [9.17, 15) is 4.79 Å². The number of nitrogens with two attached hydrogens (primary N) is 1. The minimum absolute atomic E-state index is 0.366. The Hall–Kier alpha value is -1.07. The summed E-state index contributed by atoms with van der Waals surface area (Å²) in [6, 6.07) is 5.07. The summed E-state index contributed by atoms with van der Waals surface area (Å²) >= 11 is 3.99. The number of rotatable bonds is 2. The summed E-state index contributed by atoms with van der Waals surface area (Å²) in [4.78, 5) is 13.6. The highest BCUT2D eigenvalue weighted by molar-refractivity contribution is 7.82.